The van der Waals surface area contributed by atoms with Crippen molar-refractivity contribution in [3.8, 4) is 5.75 Å². The van der Waals surface area contributed by atoms with Gasteiger partial charge in [-0.3, -0.25) is 9.59 Å². The predicted octanol–water partition coefficient (Wildman–Crippen LogP) is 4.67. The molecule has 45 heavy (non-hydrogen) atoms. The second-order valence-electron chi connectivity index (χ2n) is 11.9. The molecule has 1 aliphatic heterocycles. The summed E-state index contributed by atoms with van der Waals surface area (Å²) in [7, 11) is 3.66. The molecular formula is C35H41N5O5. The van der Waals surface area contributed by atoms with Gasteiger partial charge in [-0.1, -0.05) is 43.3 Å². The molecule has 0 aliphatic carbocycles. The van der Waals surface area contributed by atoms with E-state index in [-0.39, 0.29) is 49.8 Å². The van der Waals surface area contributed by atoms with Crippen LogP contribution in [0.3, 0.4) is 0 Å². The summed E-state index contributed by atoms with van der Waals surface area (Å²) >= 11 is 0. The molecule has 0 spiro atoms. The highest BCUT2D eigenvalue weighted by Crippen LogP contribution is 2.30. The number of urea groups is 1. The predicted molar refractivity (Wildman–Crippen MR) is 175 cm³/mol. The van der Waals surface area contributed by atoms with Crippen molar-refractivity contribution in [3.63, 3.8) is 0 Å². The number of aliphatic hydroxyl groups is 1. The van der Waals surface area contributed by atoms with Gasteiger partial charge in [0.05, 0.1) is 32.0 Å². The van der Waals surface area contributed by atoms with E-state index in [9.17, 15) is 19.5 Å². The fraction of sp³-hybridized carbons (Fsp3) is 0.343. The van der Waals surface area contributed by atoms with Crippen molar-refractivity contribution in [2.75, 3.05) is 37.4 Å². The highest BCUT2D eigenvalue weighted by molar-refractivity contribution is 5.96. The molecule has 0 saturated heterocycles. The smallest absolute Gasteiger partial charge is 0.321 e. The fourth-order valence-electron chi connectivity index (χ4n) is 5.76. The molecule has 0 saturated carbocycles. The summed E-state index contributed by atoms with van der Waals surface area (Å²) in [5.74, 6) is 0.0292. The van der Waals surface area contributed by atoms with Gasteiger partial charge in [0.15, 0.2) is 0 Å². The Morgan fingerprint density at radius 1 is 1.04 bits per heavy atom. The number of amides is 4. The molecular weight excluding hydrogens is 570 g/mol. The van der Waals surface area contributed by atoms with Crippen molar-refractivity contribution in [2.24, 2.45) is 13.0 Å². The van der Waals surface area contributed by atoms with Crippen molar-refractivity contribution in [3.05, 3.63) is 90.1 Å². The number of aryl methyl sites for hydroxylation is 1. The number of carbonyl (C=O) groups is 3. The van der Waals surface area contributed by atoms with Gasteiger partial charge in [-0.15, -0.1) is 0 Å². The minimum Gasteiger partial charge on any atom is -0.488 e. The first-order valence-electron chi connectivity index (χ1n) is 15.2. The van der Waals surface area contributed by atoms with Crippen molar-refractivity contribution < 1.29 is 24.2 Å². The van der Waals surface area contributed by atoms with Gasteiger partial charge >= 0.3 is 6.03 Å². The number of hydrogen-bond acceptors (Lipinski definition) is 5. The maximum atomic E-state index is 13.6. The van der Waals surface area contributed by atoms with Crippen molar-refractivity contribution >= 4 is 40.1 Å². The third-order valence-corrected chi connectivity index (χ3v) is 8.36. The number of likely N-dealkylation sites (N-methyl/N-ethyl adjacent to an activating group) is 1. The maximum absolute atomic E-state index is 13.6. The van der Waals surface area contributed by atoms with Crippen molar-refractivity contribution in [1.29, 1.82) is 0 Å². The van der Waals surface area contributed by atoms with E-state index in [2.05, 4.69) is 10.6 Å². The number of carbonyl (C=O) groups excluding carboxylic acids is 3. The summed E-state index contributed by atoms with van der Waals surface area (Å²) in [4.78, 5) is 42.9. The van der Waals surface area contributed by atoms with Crippen molar-refractivity contribution in [2.45, 2.75) is 38.8 Å². The minimum absolute atomic E-state index is 0.0382. The number of ether oxygens (including phenoxy) is 1. The molecule has 1 aliphatic rings. The number of anilines is 2. The van der Waals surface area contributed by atoms with Crippen LogP contribution in [0.5, 0.6) is 5.75 Å². The van der Waals surface area contributed by atoms with E-state index in [1.165, 1.54) is 0 Å². The first kappa shape index (κ1) is 31.6. The average Bonchev–Trinajstić information content (AvgIpc) is 3.36. The molecule has 10 nitrogen and oxygen atoms in total. The SMILES string of the molecule is C[C@@H]1CN([C@H](C)CO)C(=O)Cc2cc(NC(=O)Cc3cn(C)c4ccccc34)ccc2O[C@@H]1CN(C)C(=O)Nc1ccccc1. The highest BCUT2D eigenvalue weighted by atomic mass is 16.5. The van der Waals surface area contributed by atoms with E-state index < -0.39 is 12.1 Å². The van der Waals surface area contributed by atoms with Crippen LogP contribution in [0.2, 0.25) is 0 Å². The number of benzene rings is 3. The second-order valence-corrected chi connectivity index (χ2v) is 11.9. The molecule has 0 fully saturated rings. The third-order valence-electron chi connectivity index (χ3n) is 8.36. The van der Waals surface area contributed by atoms with E-state index in [1.54, 1.807) is 35.0 Å². The lowest BCUT2D eigenvalue weighted by atomic mass is 10.0. The van der Waals surface area contributed by atoms with Crippen molar-refractivity contribution in [1.82, 2.24) is 14.4 Å². The van der Waals surface area contributed by atoms with Gasteiger partial charge in [-0.2, -0.15) is 0 Å². The summed E-state index contributed by atoms with van der Waals surface area (Å²) in [5, 5.41) is 16.9. The quantitative estimate of drug-likeness (QED) is 0.268. The normalized spacial score (nSPS) is 17.4. The standard InChI is InChI=1S/C35H41N5O5/c1-23-19-40(24(2)22-41)34(43)18-25-16-28(36-33(42)17-26-20-38(3)30-13-9-8-12-29(26)30)14-15-31(25)45-32(23)21-39(4)35(44)37-27-10-6-5-7-11-27/h5-16,20,23-24,32,41H,17-19,21-22H2,1-4H3,(H,36,42)(H,37,44)/t23-,24-,32-/m1/s1. The molecule has 4 amide bonds. The topological polar surface area (TPSA) is 116 Å². The Morgan fingerprint density at radius 3 is 2.53 bits per heavy atom. The molecule has 4 aromatic rings. The number of aromatic nitrogens is 1. The van der Waals surface area contributed by atoms with Gasteiger partial charge in [0.1, 0.15) is 11.9 Å². The van der Waals surface area contributed by atoms with Crippen LogP contribution in [0.1, 0.15) is 25.0 Å². The molecule has 0 bridgehead atoms. The zero-order valence-electron chi connectivity index (χ0n) is 26.2. The zero-order chi connectivity index (χ0) is 32.1. The van der Waals surface area contributed by atoms with Crippen LogP contribution in [0.15, 0.2) is 79.0 Å². The molecule has 3 aromatic carbocycles. The number of fused-ring (bicyclic) bond motifs is 2. The average molecular weight is 612 g/mol. The Morgan fingerprint density at radius 2 is 1.78 bits per heavy atom. The van der Waals surface area contributed by atoms with Crippen LogP contribution in [0.25, 0.3) is 10.9 Å². The lowest BCUT2D eigenvalue weighted by Gasteiger charge is -2.34. The van der Waals surface area contributed by atoms with Crippen LogP contribution < -0.4 is 15.4 Å². The van der Waals surface area contributed by atoms with E-state index >= 15 is 0 Å². The summed E-state index contributed by atoms with van der Waals surface area (Å²) in [6, 6.07) is 21.8. The van der Waals surface area contributed by atoms with Gasteiger partial charge in [0.2, 0.25) is 11.8 Å². The lowest BCUT2D eigenvalue weighted by molar-refractivity contribution is -0.134. The van der Waals surface area contributed by atoms with E-state index in [1.807, 2.05) is 86.3 Å². The Hall–Kier alpha value is -4.83. The monoisotopic (exact) mass is 611 g/mol. The third kappa shape index (κ3) is 7.46. The van der Waals surface area contributed by atoms with Gasteiger partial charge < -0.3 is 34.8 Å². The van der Waals surface area contributed by atoms with Crippen LogP contribution >= 0.6 is 0 Å². The number of rotatable bonds is 8. The highest BCUT2D eigenvalue weighted by Gasteiger charge is 2.32. The van der Waals surface area contributed by atoms with Crippen LogP contribution in [-0.4, -0.2) is 76.2 Å². The molecule has 0 radical (unpaired) electrons. The number of nitrogens with one attached hydrogen (secondary N) is 2. The molecule has 236 valence electrons. The molecule has 0 unspecified atom stereocenters. The molecule has 5 rings (SSSR count). The van der Waals surface area contributed by atoms with Gasteiger partial charge in [-0.05, 0) is 48.9 Å². The Labute approximate surface area is 263 Å². The maximum Gasteiger partial charge on any atom is 0.321 e. The fourth-order valence-corrected chi connectivity index (χ4v) is 5.76. The summed E-state index contributed by atoms with van der Waals surface area (Å²) in [5.41, 5.74) is 3.85. The molecule has 3 N–H and O–H groups in total. The number of para-hydroxylation sites is 2. The second kappa shape index (κ2) is 13.9. The van der Waals surface area contributed by atoms with Crippen LogP contribution in [0, 0.1) is 5.92 Å². The van der Waals surface area contributed by atoms with Crippen LogP contribution in [0.4, 0.5) is 16.2 Å². The largest absolute Gasteiger partial charge is 0.488 e. The first-order valence-corrected chi connectivity index (χ1v) is 15.2. The summed E-state index contributed by atoms with van der Waals surface area (Å²) in [6.45, 7) is 4.22. The van der Waals surface area contributed by atoms with E-state index in [0.717, 1.165) is 16.5 Å². The Kier molecular flexibility index (Phi) is 9.73. The lowest BCUT2D eigenvalue weighted by Crippen LogP contribution is -2.48. The molecule has 3 atom stereocenters. The number of hydrogen-bond donors (Lipinski definition) is 3. The first-order chi connectivity index (χ1) is 21.6. The van der Waals surface area contributed by atoms with Crippen LogP contribution in [-0.2, 0) is 29.5 Å². The zero-order valence-corrected chi connectivity index (χ0v) is 26.2. The summed E-state index contributed by atoms with van der Waals surface area (Å²) in [6.07, 6.45) is 1.75. The molecule has 10 heteroatoms. The molecule has 1 aromatic heterocycles. The number of nitrogens with zero attached hydrogens (tertiary/aromatic N) is 3. The molecule has 2 heterocycles. The van der Waals surface area contributed by atoms with Gasteiger partial charge in [0.25, 0.3) is 0 Å². The summed E-state index contributed by atoms with van der Waals surface area (Å²) < 4.78 is 8.55. The van der Waals surface area contributed by atoms with Gasteiger partial charge in [-0.25, -0.2) is 4.79 Å². The van der Waals surface area contributed by atoms with Gasteiger partial charge in [0, 0.05) is 60.6 Å². The number of aliphatic hydroxyl groups excluding tert-OH is 1. The Balaban J connectivity index is 1.36. The Bertz CT molecular complexity index is 1670. The van der Waals surface area contributed by atoms with E-state index in [0.29, 0.717) is 29.2 Å². The van der Waals surface area contributed by atoms with E-state index in [4.69, 9.17) is 4.74 Å². The minimum atomic E-state index is -0.457.